The van der Waals surface area contributed by atoms with Crippen LogP contribution in [0.4, 0.5) is 0 Å². The zero-order valence-electron chi connectivity index (χ0n) is 16.9. The van der Waals surface area contributed by atoms with Crippen molar-refractivity contribution in [1.29, 1.82) is 0 Å². The molecule has 29 heavy (non-hydrogen) atoms. The van der Waals surface area contributed by atoms with E-state index in [4.69, 9.17) is 4.74 Å². The number of hydrogen-bond donors (Lipinski definition) is 1. The van der Waals surface area contributed by atoms with Gasteiger partial charge in [-0.25, -0.2) is 9.78 Å². The highest BCUT2D eigenvalue weighted by molar-refractivity contribution is 5.96. The van der Waals surface area contributed by atoms with Gasteiger partial charge in [0.2, 0.25) is 5.88 Å². The van der Waals surface area contributed by atoms with Gasteiger partial charge in [0.1, 0.15) is 11.5 Å². The van der Waals surface area contributed by atoms with E-state index >= 15 is 0 Å². The van der Waals surface area contributed by atoms with E-state index in [2.05, 4.69) is 33.9 Å². The molecule has 1 N–H and O–H groups in total. The van der Waals surface area contributed by atoms with E-state index in [1.54, 1.807) is 29.9 Å². The minimum Gasteiger partial charge on any atom is -0.477 e. The maximum Gasteiger partial charge on any atom is 0.352 e. The molecule has 3 heterocycles. The van der Waals surface area contributed by atoms with Crippen LogP contribution in [0.15, 0.2) is 36.5 Å². The van der Waals surface area contributed by atoms with Crippen molar-refractivity contribution in [2.45, 2.75) is 19.0 Å². The Hall–Kier alpha value is -2.97. The van der Waals surface area contributed by atoms with Crippen LogP contribution in [0.5, 0.6) is 11.6 Å². The van der Waals surface area contributed by atoms with Crippen LogP contribution in [0.1, 0.15) is 22.7 Å². The average molecular weight is 395 g/mol. The molecule has 8 nitrogen and oxygen atoms in total. The number of carboxylic acid groups (broad SMARTS) is 1. The summed E-state index contributed by atoms with van der Waals surface area (Å²) >= 11 is 0. The SMILES string of the molecule is CN(C)C1CCN(Cc2nccc(Oc3cccc4cc(C(=O)O)n(C)c34)n2)C1. The van der Waals surface area contributed by atoms with Crippen molar-refractivity contribution in [3.05, 3.63) is 48.0 Å². The van der Waals surface area contributed by atoms with E-state index in [0.717, 1.165) is 30.4 Å². The molecule has 1 unspecified atom stereocenters. The lowest BCUT2D eigenvalue weighted by atomic mass is 10.2. The number of aromatic carboxylic acids is 1. The van der Waals surface area contributed by atoms with Gasteiger partial charge >= 0.3 is 5.97 Å². The van der Waals surface area contributed by atoms with Crippen molar-refractivity contribution in [2.75, 3.05) is 27.2 Å². The first kappa shape index (κ1) is 19.4. The predicted molar refractivity (Wildman–Crippen MR) is 109 cm³/mol. The summed E-state index contributed by atoms with van der Waals surface area (Å²) < 4.78 is 7.66. The molecule has 152 valence electrons. The molecule has 0 saturated carbocycles. The lowest BCUT2D eigenvalue weighted by Gasteiger charge is -2.19. The summed E-state index contributed by atoms with van der Waals surface area (Å²) in [5.41, 5.74) is 0.933. The number of aromatic nitrogens is 3. The number of benzene rings is 1. The van der Waals surface area contributed by atoms with Gasteiger partial charge in [0.25, 0.3) is 0 Å². The van der Waals surface area contributed by atoms with Gasteiger partial charge in [0, 0.05) is 43.8 Å². The predicted octanol–water partition coefficient (Wildman–Crippen LogP) is 2.59. The summed E-state index contributed by atoms with van der Waals surface area (Å²) in [6.45, 7) is 2.71. The largest absolute Gasteiger partial charge is 0.477 e. The average Bonchev–Trinajstić information content (AvgIpc) is 3.28. The van der Waals surface area contributed by atoms with Crippen LogP contribution < -0.4 is 4.74 Å². The number of hydrogen-bond acceptors (Lipinski definition) is 6. The van der Waals surface area contributed by atoms with Crippen molar-refractivity contribution in [1.82, 2.24) is 24.3 Å². The molecule has 1 fully saturated rings. The molecule has 1 aliphatic heterocycles. The molecule has 4 rings (SSSR count). The summed E-state index contributed by atoms with van der Waals surface area (Å²) in [7, 11) is 5.94. The Kier molecular flexibility index (Phi) is 5.21. The number of carbonyl (C=O) groups is 1. The Morgan fingerprint density at radius 1 is 1.34 bits per heavy atom. The second-order valence-corrected chi connectivity index (χ2v) is 7.64. The minimum atomic E-state index is -0.972. The first-order valence-corrected chi connectivity index (χ1v) is 9.62. The zero-order chi connectivity index (χ0) is 20.5. The number of likely N-dealkylation sites (tertiary alicyclic amines) is 1. The maximum atomic E-state index is 11.4. The van der Waals surface area contributed by atoms with Gasteiger partial charge in [-0.05, 0) is 32.6 Å². The molecule has 1 aromatic carbocycles. The Labute approximate surface area is 169 Å². The molecule has 0 radical (unpaired) electrons. The van der Waals surface area contributed by atoms with Crippen LogP contribution in [0.3, 0.4) is 0 Å². The van der Waals surface area contributed by atoms with Gasteiger partial charge in [0.05, 0.1) is 12.1 Å². The standard InChI is InChI=1S/C21H25N5O3/c1-24(2)15-8-10-26(12-15)13-18-22-9-7-19(23-18)29-17-6-4-5-14-11-16(21(27)28)25(3)20(14)17/h4-7,9,11,15H,8,10,12-13H2,1-3H3,(H,27,28). The number of para-hydroxylation sites is 1. The lowest BCUT2D eigenvalue weighted by molar-refractivity contribution is 0.0687. The molecular weight excluding hydrogens is 370 g/mol. The molecule has 1 aliphatic rings. The van der Waals surface area contributed by atoms with Crippen molar-refractivity contribution < 1.29 is 14.6 Å². The lowest BCUT2D eigenvalue weighted by Crippen LogP contribution is -2.31. The summed E-state index contributed by atoms with van der Waals surface area (Å²) in [5.74, 6) is 0.757. The first-order chi connectivity index (χ1) is 13.9. The summed E-state index contributed by atoms with van der Waals surface area (Å²) in [6, 6.07) is 9.46. The van der Waals surface area contributed by atoms with Gasteiger partial charge in [0.15, 0.2) is 5.75 Å². The van der Waals surface area contributed by atoms with Crippen LogP contribution in [0, 0.1) is 0 Å². The third-order valence-electron chi connectivity index (χ3n) is 5.48. The van der Waals surface area contributed by atoms with Crippen molar-refractivity contribution in [3.8, 4) is 11.6 Å². The highest BCUT2D eigenvalue weighted by Gasteiger charge is 2.24. The Morgan fingerprint density at radius 2 is 2.17 bits per heavy atom. The van der Waals surface area contributed by atoms with E-state index in [1.807, 2.05) is 18.2 Å². The number of rotatable bonds is 6. The highest BCUT2D eigenvalue weighted by atomic mass is 16.5. The maximum absolute atomic E-state index is 11.4. The highest BCUT2D eigenvalue weighted by Crippen LogP contribution is 2.31. The second kappa shape index (κ2) is 7.81. The van der Waals surface area contributed by atoms with E-state index in [-0.39, 0.29) is 5.69 Å². The molecule has 1 atom stereocenters. The molecule has 8 heteroatoms. The van der Waals surface area contributed by atoms with Gasteiger partial charge in [-0.3, -0.25) is 4.90 Å². The molecule has 0 aliphatic carbocycles. The Balaban J connectivity index is 1.55. The van der Waals surface area contributed by atoms with Gasteiger partial charge in [-0.1, -0.05) is 12.1 Å². The fourth-order valence-corrected chi connectivity index (χ4v) is 3.87. The fourth-order valence-electron chi connectivity index (χ4n) is 3.87. The minimum absolute atomic E-state index is 0.212. The van der Waals surface area contributed by atoms with Crippen LogP contribution in [-0.2, 0) is 13.6 Å². The third kappa shape index (κ3) is 3.94. The smallest absolute Gasteiger partial charge is 0.352 e. The molecule has 3 aromatic rings. The topological polar surface area (TPSA) is 83.7 Å². The van der Waals surface area contributed by atoms with Gasteiger partial charge in [-0.15, -0.1) is 0 Å². The molecule has 1 saturated heterocycles. The number of aryl methyl sites for hydroxylation is 1. The van der Waals surface area contributed by atoms with Crippen molar-refractivity contribution >= 4 is 16.9 Å². The normalized spacial score (nSPS) is 17.3. The number of nitrogens with zero attached hydrogens (tertiary/aromatic N) is 5. The van der Waals surface area contributed by atoms with Gasteiger partial charge < -0.3 is 19.3 Å². The van der Waals surface area contributed by atoms with Crippen LogP contribution in [0.2, 0.25) is 0 Å². The number of ether oxygens (including phenoxy) is 1. The summed E-state index contributed by atoms with van der Waals surface area (Å²) in [6.07, 6.45) is 2.84. The number of likely N-dealkylation sites (N-methyl/N-ethyl adjacent to an activating group) is 1. The first-order valence-electron chi connectivity index (χ1n) is 9.62. The summed E-state index contributed by atoms with van der Waals surface area (Å²) in [5, 5.41) is 10.2. The fraction of sp³-hybridized carbons (Fsp3) is 0.381. The van der Waals surface area contributed by atoms with Crippen LogP contribution in [-0.4, -0.2) is 68.6 Å². The van der Waals surface area contributed by atoms with Crippen molar-refractivity contribution in [2.24, 2.45) is 7.05 Å². The molecule has 0 spiro atoms. The van der Waals surface area contributed by atoms with Crippen LogP contribution in [0.25, 0.3) is 10.9 Å². The van der Waals surface area contributed by atoms with Crippen molar-refractivity contribution in [3.63, 3.8) is 0 Å². The van der Waals surface area contributed by atoms with E-state index < -0.39 is 5.97 Å². The molecule has 0 amide bonds. The molecular formula is C21H25N5O3. The van der Waals surface area contributed by atoms with E-state index in [9.17, 15) is 9.90 Å². The summed E-state index contributed by atoms with van der Waals surface area (Å²) in [4.78, 5) is 25.0. The monoisotopic (exact) mass is 395 g/mol. The number of carboxylic acids is 1. The van der Waals surface area contributed by atoms with Crippen LogP contribution >= 0.6 is 0 Å². The Morgan fingerprint density at radius 3 is 2.90 bits per heavy atom. The number of fused-ring (bicyclic) bond motifs is 1. The molecule has 0 bridgehead atoms. The second-order valence-electron chi connectivity index (χ2n) is 7.64. The van der Waals surface area contributed by atoms with E-state index in [1.165, 1.54) is 0 Å². The van der Waals surface area contributed by atoms with E-state index in [0.29, 0.717) is 30.0 Å². The van der Waals surface area contributed by atoms with Gasteiger partial charge in [-0.2, -0.15) is 4.98 Å². The molecule has 2 aromatic heterocycles. The zero-order valence-corrected chi connectivity index (χ0v) is 16.9. The Bertz CT molecular complexity index is 1050. The third-order valence-corrected chi connectivity index (χ3v) is 5.48. The quantitative estimate of drug-likeness (QED) is 0.687.